The van der Waals surface area contributed by atoms with Crippen molar-refractivity contribution in [2.24, 2.45) is 4.99 Å². The van der Waals surface area contributed by atoms with Crippen LogP contribution in [0.5, 0.6) is 11.5 Å². The molecule has 0 bridgehead atoms. The summed E-state index contributed by atoms with van der Waals surface area (Å²) in [6.07, 6.45) is 1.69. The second kappa shape index (κ2) is 13.9. The molecule has 0 saturated heterocycles. The van der Waals surface area contributed by atoms with Crippen LogP contribution in [0.1, 0.15) is 50.4 Å². The van der Waals surface area contributed by atoms with E-state index in [0.29, 0.717) is 43.2 Å². The Labute approximate surface area is 285 Å². The minimum Gasteiger partial charge on any atom is -0.491 e. The van der Waals surface area contributed by atoms with Crippen molar-refractivity contribution in [2.75, 3.05) is 6.61 Å². The number of ether oxygens (including phenoxy) is 3. The lowest BCUT2D eigenvalue weighted by molar-refractivity contribution is -0.139. The number of esters is 1. The molecule has 0 aliphatic carbocycles. The number of carbonyl (C=O) groups is 1. The maximum Gasteiger partial charge on any atom is 0.338 e. The van der Waals surface area contributed by atoms with E-state index in [-0.39, 0.29) is 30.7 Å². The van der Waals surface area contributed by atoms with Gasteiger partial charge in [0.05, 0.1) is 35.7 Å². The molecule has 0 unspecified atom stereocenters. The summed E-state index contributed by atoms with van der Waals surface area (Å²) in [4.78, 5) is 32.5. The van der Waals surface area contributed by atoms with Crippen molar-refractivity contribution in [3.63, 3.8) is 0 Å². The summed E-state index contributed by atoms with van der Waals surface area (Å²) in [5.74, 6) is 0.378. The summed E-state index contributed by atoms with van der Waals surface area (Å²) in [6.45, 7) is 7.64. The third kappa shape index (κ3) is 6.79. The molecule has 7 nitrogen and oxygen atoms in total. The molecule has 5 rings (SSSR count). The van der Waals surface area contributed by atoms with Crippen LogP contribution in [0.15, 0.2) is 81.7 Å². The van der Waals surface area contributed by atoms with Gasteiger partial charge in [-0.25, -0.2) is 14.2 Å². The maximum atomic E-state index is 14.1. The highest BCUT2D eigenvalue weighted by Gasteiger charge is 2.35. The van der Waals surface area contributed by atoms with E-state index in [2.05, 4.69) is 50.2 Å². The van der Waals surface area contributed by atoms with Crippen LogP contribution in [0.2, 0.25) is 0 Å². The molecular formula is C33H29FI2N2O5S. The average Bonchev–Trinajstić information content (AvgIpc) is 3.26. The van der Waals surface area contributed by atoms with Crippen molar-refractivity contribution in [3.05, 3.63) is 121 Å². The van der Waals surface area contributed by atoms with Gasteiger partial charge in [0.25, 0.3) is 5.56 Å². The lowest BCUT2D eigenvalue weighted by atomic mass is 9.95. The van der Waals surface area contributed by atoms with Gasteiger partial charge in [-0.2, -0.15) is 0 Å². The van der Waals surface area contributed by atoms with Gasteiger partial charge >= 0.3 is 5.97 Å². The Bertz CT molecular complexity index is 1930. The fourth-order valence-corrected chi connectivity index (χ4v) is 8.05. The number of aromatic nitrogens is 1. The monoisotopic (exact) mass is 838 g/mol. The molecule has 0 radical (unpaired) electrons. The van der Waals surface area contributed by atoms with Crippen LogP contribution >= 0.6 is 56.5 Å². The van der Waals surface area contributed by atoms with Crippen LogP contribution in [0.3, 0.4) is 0 Å². The standard InChI is InChI=1S/C33H29FI2N2O5S/c1-5-41-32(40)28-19(4)37-33-38(29(28)22-11-7-9-13-26(22)43-18(2)3)31(39)27(44-33)16-20-14-24(35)30(25(36)15-20)42-17-21-10-6-8-12-23(21)34/h6-16,18,29H,5,17H2,1-4H3/b27-16+/t29-/m0/s1. The highest BCUT2D eigenvalue weighted by molar-refractivity contribution is 14.1. The number of halogens is 3. The Kier molecular flexibility index (Phi) is 10.3. The van der Waals surface area contributed by atoms with Crippen LogP contribution in [0.4, 0.5) is 4.39 Å². The van der Waals surface area contributed by atoms with Crippen LogP contribution in [-0.4, -0.2) is 23.2 Å². The van der Waals surface area contributed by atoms with Crippen molar-refractivity contribution < 1.29 is 23.4 Å². The average molecular weight is 838 g/mol. The van der Waals surface area contributed by atoms with Gasteiger partial charge < -0.3 is 14.2 Å². The fraction of sp³-hybridized carbons (Fsp3) is 0.242. The predicted molar refractivity (Wildman–Crippen MR) is 185 cm³/mol. The fourth-order valence-electron chi connectivity index (χ4n) is 4.87. The molecule has 1 aliphatic heterocycles. The molecule has 3 aromatic carbocycles. The molecule has 0 saturated carbocycles. The Hall–Kier alpha value is -3.04. The highest BCUT2D eigenvalue weighted by atomic mass is 127. The number of carbonyl (C=O) groups excluding carboxylic acids is 1. The largest absolute Gasteiger partial charge is 0.491 e. The first-order valence-electron chi connectivity index (χ1n) is 13.9. The second-order valence-corrected chi connectivity index (χ2v) is 13.5. The number of para-hydroxylation sites is 1. The van der Waals surface area contributed by atoms with E-state index in [9.17, 15) is 14.0 Å². The normalized spacial score (nSPS) is 14.8. The molecule has 2 heterocycles. The van der Waals surface area contributed by atoms with E-state index in [1.165, 1.54) is 17.4 Å². The highest BCUT2D eigenvalue weighted by Crippen LogP contribution is 2.36. The van der Waals surface area contributed by atoms with Crippen molar-refractivity contribution in [1.82, 2.24) is 4.57 Å². The van der Waals surface area contributed by atoms with Gasteiger partial charge in [0, 0.05) is 11.1 Å². The molecule has 1 atom stereocenters. The topological polar surface area (TPSA) is 79.1 Å². The van der Waals surface area contributed by atoms with E-state index in [1.807, 2.05) is 56.3 Å². The zero-order valence-corrected chi connectivity index (χ0v) is 29.5. The van der Waals surface area contributed by atoms with E-state index in [4.69, 9.17) is 14.2 Å². The molecule has 1 aromatic heterocycles. The Morgan fingerprint density at radius 3 is 2.48 bits per heavy atom. The predicted octanol–water partition coefficient (Wildman–Crippen LogP) is 6.51. The van der Waals surface area contributed by atoms with Gasteiger partial charge in [0.1, 0.15) is 30.0 Å². The minimum atomic E-state index is -0.781. The summed E-state index contributed by atoms with van der Waals surface area (Å²) >= 11 is 5.62. The smallest absolute Gasteiger partial charge is 0.338 e. The van der Waals surface area contributed by atoms with Gasteiger partial charge in [-0.1, -0.05) is 47.7 Å². The first-order valence-corrected chi connectivity index (χ1v) is 16.9. The van der Waals surface area contributed by atoms with Crippen LogP contribution in [0, 0.1) is 13.0 Å². The summed E-state index contributed by atoms with van der Waals surface area (Å²) < 4.78 is 35.3. The molecule has 0 N–H and O–H groups in total. The summed E-state index contributed by atoms with van der Waals surface area (Å²) in [7, 11) is 0. The molecule has 11 heteroatoms. The quantitative estimate of drug-likeness (QED) is 0.142. The van der Waals surface area contributed by atoms with E-state index in [1.54, 1.807) is 36.6 Å². The van der Waals surface area contributed by atoms with Gasteiger partial charge in [0.15, 0.2) is 4.80 Å². The lowest BCUT2D eigenvalue weighted by Crippen LogP contribution is -2.40. The Morgan fingerprint density at radius 2 is 1.80 bits per heavy atom. The number of benzene rings is 3. The summed E-state index contributed by atoms with van der Waals surface area (Å²) in [5.41, 5.74) is 2.44. The molecule has 1 aliphatic rings. The van der Waals surface area contributed by atoms with Gasteiger partial charge in [-0.3, -0.25) is 9.36 Å². The molecule has 44 heavy (non-hydrogen) atoms. The Balaban J connectivity index is 1.59. The molecule has 0 fully saturated rings. The molecule has 4 aromatic rings. The number of hydrogen-bond acceptors (Lipinski definition) is 7. The van der Waals surface area contributed by atoms with Crippen molar-refractivity contribution in [1.29, 1.82) is 0 Å². The van der Waals surface area contributed by atoms with Crippen molar-refractivity contribution in [2.45, 2.75) is 46.4 Å². The number of thiazole rings is 1. The Morgan fingerprint density at radius 1 is 1.11 bits per heavy atom. The lowest BCUT2D eigenvalue weighted by Gasteiger charge is -2.26. The molecule has 228 valence electrons. The number of hydrogen-bond donors (Lipinski definition) is 0. The van der Waals surface area contributed by atoms with Crippen molar-refractivity contribution >= 4 is 68.6 Å². The second-order valence-electron chi connectivity index (χ2n) is 10.2. The minimum absolute atomic E-state index is 0.0980. The van der Waals surface area contributed by atoms with Crippen LogP contribution < -0.4 is 24.4 Å². The first-order chi connectivity index (χ1) is 21.1. The van der Waals surface area contributed by atoms with Crippen LogP contribution in [-0.2, 0) is 16.1 Å². The third-order valence-corrected chi connectivity index (χ3v) is 9.33. The third-order valence-electron chi connectivity index (χ3n) is 6.74. The molecule has 0 amide bonds. The zero-order valence-electron chi connectivity index (χ0n) is 24.4. The number of nitrogens with zero attached hydrogens (tertiary/aromatic N) is 2. The van der Waals surface area contributed by atoms with Crippen LogP contribution in [0.25, 0.3) is 6.08 Å². The van der Waals surface area contributed by atoms with Crippen molar-refractivity contribution in [3.8, 4) is 11.5 Å². The number of rotatable bonds is 9. The number of allylic oxidation sites excluding steroid dienone is 1. The first kappa shape index (κ1) is 32.4. The van der Waals surface area contributed by atoms with E-state index < -0.39 is 12.0 Å². The summed E-state index contributed by atoms with van der Waals surface area (Å²) in [5, 5.41) is 0. The van der Waals surface area contributed by atoms with Gasteiger partial charge in [0.2, 0.25) is 0 Å². The van der Waals surface area contributed by atoms with Gasteiger partial charge in [-0.15, -0.1) is 0 Å². The number of fused-ring (bicyclic) bond motifs is 1. The summed E-state index contributed by atoms with van der Waals surface area (Å²) in [6, 6.07) is 17.0. The van der Waals surface area contributed by atoms with Gasteiger partial charge in [-0.05, 0) is 109 Å². The zero-order chi connectivity index (χ0) is 31.5. The van der Waals surface area contributed by atoms with E-state index in [0.717, 1.165) is 12.7 Å². The maximum absolute atomic E-state index is 14.1. The molecule has 0 spiro atoms. The molecular weight excluding hydrogens is 809 g/mol. The SMILES string of the molecule is CCOC(=O)C1=C(C)N=c2s/c(=C/c3cc(I)c(OCc4ccccc4F)c(I)c3)c(=O)n2[C@H]1c1ccccc1OC(C)C. The van der Waals surface area contributed by atoms with E-state index >= 15 is 0 Å².